The van der Waals surface area contributed by atoms with Gasteiger partial charge < -0.3 is 25.6 Å². The molecule has 53 heavy (non-hydrogen) atoms. The van der Waals surface area contributed by atoms with E-state index in [2.05, 4.69) is 5.32 Å². The van der Waals surface area contributed by atoms with Crippen LogP contribution in [0.5, 0.6) is 11.5 Å². The number of carbonyl (C=O) groups is 4. The maximum absolute atomic E-state index is 14.3. The second-order valence-corrected chi connectivity index (χ2v) is 13.5. The van der Waals surface area contributed by atoms with Crippen LogP contribution in [0.4, 0.5) is 18.9 Å². The number of nitrogens with two attached hydrogens (primary N) is 1. The Kier molecular flexibility index (Phi) is 11.1. The third kappa shape index (κ3) is 9.19. The maximum Gasteiger partial charge on any atom is 0.416 e. The number of hydrogen-bond acceptors (Lipinski definition) is 5. The summed E-state index contributed by atoms with van der Waals surface area (Å²) in [6.45, 7) is -0.198. The summed E-state index contributed by atoms with van der Waals surface area (Å²) in [5.74, 6) is -1.11. The molecule has 1 atom stereocenters. The smallest absolute Gasteiger partial charge is 0.416 e. The number of rotatable bonds is 12. The van der Waals surface area contributed by atoms with Crippen LogP contribution in [0, 0.1) is 0 Å². The number of primary amides is 1. The molecule has 4 aromatic carbocycles. The lowest BCUT2D eigenvalue weighted by Crippen LogP contribution is -2.44. The van der Waals surface area contributed by atoms with Crippen molar-refractivity contribution >= 4 is 58.6 Å². The number of carbonyl (C=O) groups excluding carboxylic acids is 4. The minimum atomic E-state index is -4.60. The lowest BCUT2D eigenvalue weighted by atomic mass is 9.88. The van der Waals surface area contributed by atoms with Crippen LogP contribution in [0.1, 0.15) is 57.9 Å². The van der Waals surface area contributed by atoms with E-state index < -0.39 is 35.5 Å². The average molecular weight is 766 g/mol. The Balaban J connectivity index is 1.26. The van der Waals surface area contributed by atoms with E-state index in [1.165, 1.54) is 29.2 Å². The van der Waals surface area contributed by atoms with E-state index in [0.717, 1.165) is 36.6 Å². The van der Waals surface area contributed by atoms with Crippen LogP contribution >= 0.6 is 23.2 Å². The van der Waals surface area contributed by atoms with E-state index in [1.54, 1.807) is 53.4 Å². The quantitative estimate of drug-likeness (QED) is 0.141. The molecule has 0 aromatic heterocycles. The fourth-order valence-electron chi connectivity index (χ4n) is 6.25. The number of benzene rings is 4. The summed E-state index contributed by atoms with van der Waals surface area (Å²) in [7, 11) is 0. The standard InChI is InChI=1S/C39H33Cl2F3N4O5/c40-32-14-13-29(21-33(32)41)53-28-6-3-5-25(18-28)34-19-24-8-10-26(46-36(50)15-9-23-4-1-2-7-31(23)39(42,43)44)20-30(24)38(52)47(34)17-16-37(51)48(22-35(45)49)27-11-12-27/h1-10,13-15,18,20-21,27,34H,11-12,16-17,19,22H2,(H2,45,49)(H,46,50). The first-order valence-electron chi connectivity index (χ1n) is 16.7. The highest BCUT2D eigenvalue weighted by Crippen LogP contribution is 2.38. The van der Waals surface area contributed by atoms with Crippen molar-refractivity contribution in [3.63, 3.8) is 0 Å². The molecule has 1 fully saturated rings. The molecular formula is C39H33Cl2F3N4O5. The van der Waals surface area contributed by atoms with Crippen molar-refractivity contribution in [3.8, 4) is 11.5 Å². The third-order valence-corrected chi connectivity index (χ3v) is 9.65. The summed E-state index contributed by atoms with van der Waals surface area (Å²) >= 11 is 12.2. The molecule has 9 nitrogen and oxygen atoms in total. The molecule has 0 spiro atoms. The summed E-state index contributed by atoms with van der Waals surface area (Å²) in [6.07, 6.45) is -0.716. The Morgan fingerprint density at radius 2 is 1.70 bits per heavy atom. The van der Waals surface area contributed by atoms with E-state index in [-0.39, 0.29) is 48.3 Å². The van der Waals surface area contributed by atoms with Crippen molar-refractivity contribution in [1.82, 2.24) is 9.80 Å². The molecule has 0 radical (unpaired) electrons. The lowest BCUT2D eigenvalue weighted by Gasteiger charge is -2.37. The molecule has 0 bridgehead atoms. The number of nitrogens with one attached hydrogen (secondary N) is 1. The molecule has 2 aliphatic rings. The molecule has 4 amide bonds. The van der Waals surface area contributed by atoms with Gasteiger partial charge in [0.2, 0.25) is 17.7 Å². The highest BCUT2D eigenvalue weighted by Gasteiger charge is 2.37. The summed E-state index contributed by atoms with van der Waals surface area (Å²) < 4.78 is 46.3. The van der Waals surface area contributed by atoms with Gasteiger partial charge in [0.25, 0.3) is 5.91 Å². The number of amides is 4. The Morgan fingerprint density at radius 3 is 2.42 bits per heavy atom. The third-order valence-electron chi connectivity index (χ3n) is 8.91. The highest BCUT2D eigenvalue weighted by atomic mass is 35.5. The molecule has 4 aromatic rings. The van der Waals surface area contributed by atoms with Gasteiger partial charge in [-0.3, -0.25) is 19.2 Å². The number of hydrogen-bond donors (Lipinski definition) is 2. The Hall–Kier alpha value is -5.33. The molecule has 1 saturated carbocycles. The topological polar surface area (TPSA) is 122 Å². The van der Waals surface area contributed by atoms with Crippen LogP contribution in [0.2, 0.25) is 10.0 Å². The van der Waals surface area contributed by atoms with Gasteiger partial charge in [0.05, 0.1) is 28.2 Å². The van der Waals surface area contributed by atoms with Gasteiger partial charge in [0, 0.05) is 42.4 Å². The van der Waals surface area contributed by atoms with Crippen LogP contribution in [-0.4, -0.2) is 52.6 Å². The minimum absolute atomic E-state index is 0.0135. The first-order chi connectivity index (χ1) is 25.3. The monoisotopic (exact) mass is 764 g/mol. The number of alkyl halides is 3. The summed E-state index contributed by atoms with van der Waals surface area (Å²) in [5, 5.41) is 3.32. The van der Waals surface area contributed by atoms with E-state index >= 15 is 0 Å². The Morgan fingerprint density at radius 1 is 0.943 bits per heavy atom. The Labute approximate surface area is 313 Å². The second kappa shape index (κ2) is 15.7. The molecule has 6 rings (SSSR count). The van der Waals surface area contributed by atoms with Crippen molar-refractivity contribution in [1.29, 1.82) is 0 Å². The maximum atomic E-state index is 14.3. The fraction of sp³-hybridized carbons (Fsp3) is 0.231. The first-order valence-corrected chi connectivity index (χ1v) is 17.4. The first kappa shape index (κ1) is 37.4. The number of halogens is 5. The molecular weight excluding hydrogens is 732 g/mol. The molecule has 3 N–H and O–H groups in total. The molecule has 1 aliphatic heterocycles. The molecule has 14 heteroatoms. The van der Waals surface area contributed by atoms with Crippen molar-refractivity contribution in [3.05, 3.63) is 129 Å². The van der Waals surface area contributed by atoms with Crippen LogP contribution in [0.3, 0.4) is 0 Å². The molecule has 274 valence electrons. The van der Waals surface area contributed by atoms with Gasteiger partial charge in [-0.1, -0.05) is 59.6 Å². The number of fused-ring (bicyclic) bond motifs is 1. The lowest BCUT2D eigenvalue weighted by molar-refractivity contribution is -0.137. The summed E-state index contributed by atoms with van der Waals surface area (Å²) in [4.78, 5) is 55.2. The summed E-state index contributed by atoms with van der Waals surface area (Å²) in [6, 6.07) is 21.2. The van der Waals surface area contributed by atoms with E-state index in [4.69, 9.17) is 33.7 Å². The van der Waals surface area contributed by atoms with Crippen molar-refractivity contribution in [2.45, 2.75) is 43.9 Å². The van der Waals surface area contributed by atoms with Crippen molar-refractivity contribution in [2.75, 3.05) is 18.4 Å². The molecule has 1 aliphatic carbocycles. The average Bonchev–Trinajstić information content (AvgIpc) is 3.96. The van der Waals surface area contributed by atoms with Crippen LogP contribution in [0.15, 0.2) is 91.0 Å². The fourth-order valence-corrected chi connectivity index (χ4v) is 6.54. The Bertz CT molecular complexity index is 2100. The highest BCUT2D eigenvalue weighted by molar-refractivity contribution is 6.42. The normalized spacial score (nSPS) is 15.6. The van der Waals surface area contributed by atoms with Crippen LogP contribution < -0.4 is 15.8 Å². The van der Waals surface area contributed by atoms with E-state index in [1.807, 2.05) is 6.07 Å². The summed E-state index contributed by atoms with van der Waals surface area (Å²) in [5.41, 5.74) is 6.31. The van der Waals surface area contributed by atoms with Crippen molar-refractivity contribution in [2.24, 2.45) is 5.73 Å². The second-order valence-electron chi connectivity index (χ2n) is 12.7. The van der Waals surface area contributed by atoms with E-state index in [0.29, 0.717) is 33.5 Å². The van der Waals surface area contributed by atoms with Gasteiger partial charge in [-0.05, 0) is 84.5 Å². The minimum Gasteiger partial charge on any atom is -0.457 e. The molecule has 0 saturated heterocycles. The van der Waals surface area contributed by atoms with Gasteiger partial charge >= 0.3 is 6.18 Å². The number of ether oxygens (including phenoxy) is 1. The largest absolute Gasteiger partial charge is 0.457 e. The van der Waals surface area contributed by atoms with Gasteiger partial charge in [-0.2, -0.15) is 13.2 Å². The predicted molar refractivity (Wildman–Crippen MR) is 195 cm³/mol. The predicted octanol–water partition coefficient (Wildman–Crippen LogP) is 8.06. The van der Waals surface area contributed by atoms with Gasteiger partial charge in [-0.15, -0.1) is 0 Å². The SMILES string of the molecule is NC(=O)CN(C(=O)CCN1C(=O)c2cc(NC(=O)C=Cc3ccccc3C(F)(F)F)ccc2CC1c1cccc(Oc2ccc(Cl)c(Cl)c2)c1)C1CC1. The van der Waals surface area contributed by atoms with Gasteiger partial charge in [-0.25, -0.2) is 0 Å². The zero-order valence-electron chi connectivity index (χ0n) is 28.0. The molecule has 1 heterocycles. The number of nitrogens with zero attached hydrogens (tertiary/aromatic N) is 2. The van der Waals surface area contributed by atoms with E-state index in [9.17, 15) is 32.3 Å². The van der Waals surface area contributed by atoms with Gasteiger partial charge in [0.1, 0.15) is 11.5 Å². The number of anilines is 1. The van der Waals surface area contributed by atoms with Crippen LogP contribution in [0.25, 0.3) is 6.08 Å². The van der Waals surface area contributed by atoms with Gasteiger partial charge in [0.15, 0.2) is 0 Å². The molecule has 1 unspecified atom stereocenters. The van der Waals surface area contributed by atoms with Crippen LogP contribution in [-0.2, 0) is 27.0 Å². The zero-order valence-corrected chi connectivity index (χ0v) is 29.5. The zero-order chi connectivity index (χ0) is 37.9. The van der Waals surface area contributed by atoms with Crippen molar-refractivity contribution < 1.29 is 37.1 Å².